The molecule has 1 heterocycles. The first-order chi connectivity index (χ1) is 8.65. The van der Waals surface area contributed by atoms with Crippen molar-refractivity contribution in [3.8, 4) is 0 Å². The lowest BCUT2D eigenvalue weighted by Gasteiger charge is -2.31. The molecular formula is C9H16N2O7P+. The zero-order valence-corrected chi connectivity index (χ0v) is 10.9. The van der Waals surface area contributed by atoms with Gasteiger partial charge in [0.05, 0.1) is 19.3 Å². The predicted molar refractivity (Wildman–Crippen MR) is 63.9 cm³/mol. The second-order valence-corrected chi connectivity index (χ2v) is 6.26. The van der Waals surface area contributed by atoms with Gasteiger partial charge in [0.2, 0.25) is 5.92 Å². The van der Waals surface area contributed by atoms with Gasteiger partial charge in [0.1, 0.15) is 13.1 Å². The summed E-state index contributed by atoms with van der Waals surface area (Å²) in [6.07, 6.45) is 0.944. The van der Waals surface area contributed by atoms with E-state index < -0.39 is 31.6 Å². The lowest BCUT2D eigenvalue weighted by atomic mass is 10.1. The van der Waals surface area contributed by atoms with E-state index in [1.807, 2.05) is 0 Å². The van der Waals surface area contributed by atoms with Gasteiger partial charge in [-0.05, 0) is 0 Å². The molecule has 0 aromatic carbocycles. The number of aliphatic imine (C=N–C) groups is 1. The number of nitrogens with zero attached hydrogens (tertiary/aromatic N) is 2. The summed E-state index contributed by atoms with van der Waals surface area (Å²) in [5.41, 5.74) is 0. The Kier molecular flexibility index (Phi) is 4.81. The van der Waals surface area contributed by atoms with Crippen LogP contribution >= 0.6 is 7.60 Å². The van der Waals surface area contributed by atoms with Crippen LogP contribution in [0.1, 0.15) is 0 Å². The van der Waals surface area contributed by atoms with Crippen molar-refractivity contribution < 1.29 is 38.6 Å². The van der Waals surface area contributed by atoms with Crippen LogP contribution in [0.4, 0.5) is 0 Å². The van der Waals surface area contributed by atoms with Crippen LogP contribution in [0.25, 0.3) is 0 Å². The van der Waals surface area contributed by atoms with E-state index in [4.69, 9.17) is 20.0 Å². The lowest BCUT2D eigenvalue weighted by molar-refractivity contribution is -0.827. The quantitative estimate of drug-likeness (QED) is 0.262. The molecule has 0 amide bonds. The molecule has 0 spiro atoms. The van der Waals surface area contributed by atoms with Crippen LogP contribution < -0.4 is 0 Å². The fraction of sp³-hybridized carbons (Fsp3) is 0.667. The Balaban J connectivity index is 2.82. The average Bonchev–Trinajstić information content (AvgIpc) is 2.71. The number of hydrogen-bond acceptors (Lipinski definition) is 4. The van der Waals surface area contributed by atoms with Gasteiger partial charge in [-0.2, -0.15) is 0 Å². The van der Waals surface area contributed by atoms with E-state index in [0.717, 1.165) is 0 Å². The second-order valence-electron chi connectivity index (χ2n) is 4.49. The molecule has 0 bridgehead atoms. The van der Waals surface area contributed by atoms with Crippen LogP contribution in [0, 0.1) is 5.92 Å². The van der Waals surface area contributed by atoms with Crippen LogP contribution in [0.2, 0.25) is 0 Å². The molecule has 108 valence electrons. The molecule has 0 aliphatic carbocycles. The first-order valence-electron chi connectivity index (χ1n) is 5.52. The van der Waals surface area contributed by atoms with Crippen LogP contribution in [0.5, 0.6) is 0 Å². The highest BCUT2D eigenvalue weighted by atomic mass is 31.2. The fourth-order valence-corrected chi connectivity index (χ4v) is 2.56. The van der Waals surface area contributed by atoms with Gasteiger partial charge in [-0.25, -0.2) is 4.99 Å². The summed E-state index contributed by atoms with van der Waals surface area (Å²) >= 11 is 0. The normalized spacial score (nSPS) is 22.9. The van der Waals surface area contributed by atoms with Crippen molar-refractivity contribution in [2.45, 2.75) is 0 Å². The minimum atomic E-state index is -4.22. The van der Waals surface area contributed by atoms with Crippen molar-refractivity contribution in [2.24, 2.45) is 10.9 Å². The van der Waals surface area contributed by atoms with E-state index in [0.29, 0.717) is 13.1 Å². The highest BCUT2D eigenvalue weighted by molar-refractivity contribution is 7.51. The van der Waals surface area contributed by atoms with Crippen LogP contribution in [-0.4, -0.2) is 75.1 Å². The van der Waals surface area contributed by atoms with E-state index >= 15 is 0 Å². The van der Waals surface area contributed by atoms with Gasteiger partial charge in [-0.15, -0.1) is 0 Å². The van der Waals surface area contributed by atoms with E-state index in [1.54, 1.807) is 0 Å². The van der Waals surface area contributed by atoms with Gasteiger partial charge in [0.25, 0.3) is 0 Å². The van der Waals surface area contributed by atoms with E-state index in [1.165, 1.54) is 6.34 Å². The van der Waals surface area contributed by atoms with Crippen molar-refractivity contribution in [2.75, 3.05) is 32.3 Å². The molecule has 4 N–H and O–H groups in total. The Morgan fingerprint density at radius 1 is 1.32 bits per heavy atom. The lowest BCUT2D eigenvalue weighted by Crippen LogP contribution is -2.52. The standard InChI is InChI=1S/C9H15N2O7P/c12-8(13)7(9(14)15)5-11(2-1-10-6-11)3-4-19(16,17)18/h6-7H,1-5H2,(H3-,12,13,14,15,16,17,18)/p+1. The third-order valence-electron chi connectivity index (χ3n) is 2.98. The molecule has 0 saturated heterocycles. The van der Waals surface area contributed by atoms with Gasteiger partial charge < -0.3 is 20.0 Å². The summed E-state index contributed by atoms with van der Waals surface area (Å²) in [4.78, 5) is 43.4. The number of carbonyl (C=O) groups is 2. The molecule has 9 nitrogen and oxygen atoms in total. The Morgan fingerprint density at radius 3 is 2.26 bits per heavy atom. The first kappa shape index (κ1) is 15.8. The number of rotatable bonds is 7. The van der Waals surface area contributed by atoms with Gasteiger partial charge in [-0.3, -0.25) is 18.6 Å². The largest absolute Gasteiger partial charge is 0.480 e. The molecule has 0 fully saturated rings. The maximum Gasteiger partial charge on any atom is 0.331 e. The van der Waals surface area contributed by atoms with Crippen LogP contribution in [0.15, 0.2) is 4.99 Å². The molecule has 0 saturated carbocycles. The maximum atomic E-state index is 10.9. The topological polar surface area (TPSA) is 144 Å². The molecule has 1 atom stereocenters. The summed E-state index contributed by atoms with van der Waals surface area (Å²) in [6.45, 7) is 0.420. The number of hydrogen-bond donors (Lipinski definition) is 4. The molecule has 0 aromatic heterocycles. The summed E-state index contributed by atoms with van der Waals surface area (Å²) in [7, 11) is -4.22. The zero-order valence-electron chi connectivity index (χ0n) is 10.0. The number of carboxylic acid groups (broad SMARTS) is 2. The first-order valence-corrected chi connectivity index (χ1v) is 7.32. The molecule has 0 radical (unpaired) electrons. The Bertz CT molecular complexity index is 432. The smallest absolute Gasteiger partial charge is 0.331 e. The minimum absolute atomic E-state index is 0.0369. The zero-order chi connectivity index (χ0) is 14.7. The molecule has 1 aliphatic rings. The molecule has 19 heavy (non-hydrogen) atoms. The van der Waals surface area contributed by atoms with E-state index in [2.05, 4.69) is 4.99 Å². The molecule has 1 unspecified atom stereocenters. The van der Waals surface area contributed by atoms with Crippen LogP contribution in [-0.2, 0) is 14.2 Å². The monoisotopic (exact) mass is 295 g/mol. The molecule has 10 heteroatoms. The van der Waals surface area contributed by atoms with Crippen molar-refractivity contribution in [1.29, 1.82) is 0 Å². The fourth-order valence-electron chi connectivity index (χ4n) is 1.90. The Labute approximate surface area is 108 Å². The van der Waals surface area contributed by atoms with E-state index in [-0.39, 0.29) is 17.6 Å². The second kappa shape index (κ2) is 5.79. The van der Waals surface area contributed by atoms with Crippen molar-refractivity contribution in [1.82, 2.24) is 0 Å². The maximum absolute atomic E-state index is 10.9. The van der Waals surface area contributed by atoms with Crippen molar-refractivity contribution in [3.05, 3.63) is 0 Å². The third-order valence-corrected chi connectivity index (χ3v) is 3.76. The predicted octanol–water partition coefficient (Wildman–Crippen LogP) is -1.19. The number of quaternary nitrogens is 1. The average molecular weight is 295 g/mol. The van der Waals surface area contributed by atoms with Gasteiger partial charge in [-0.1, -0.05) is 0 Å². The minimum Gasteiger partial charge on any atom is -0.480 e. The highest BCUT2D eigenvalue weighted by Gasteiger charge is 2.40. The summed E-state index contributed by atoms with van der Waals surface area (Å²) in [6, 6.07) is 0. The van der Waals surface area contributed by atoms with Gasteiger partial charge in [0.15, 0.2) is 6.34 Å². The molecule has 1 rings (SSSR count). The number of carboxylic acids is 2. The molecule has 1 aliphatic heterocycles. The Hall–Kier alpha value is -1.28. The summed E-state index contributed by atoms with van der Waals surface area (Å²) in [5, 5.41) is 17.7. The summed E-state index contributed by atoms with van der Waals surface area (Å²) < 4.78 is 10.8. The Morgan fingerprint density at radius 2 is 1.89 bits per heavy atom. The highest BCUT2D eigenvalue weighted by Crippen LogP contribution is 2.35. The van der Waals surface area contributed by atoms with E-state index in [9.17, 15) is 14.2 Å². The third kappa shape index (κ3) is 4.71. The molecule has 0 aromatic rings. The SMILES string of the molecule is O=C(O)C(C[N+]1(CCP(=O)(O)O)C=NCC1)C(=O)O. The van der Waals surface area contributed by atoms with Crippen molar-refractivity contribution in [3.63, 3.8) is 0 Å². The van der Waals surface area contributed by atoms with Gasteiger partial charge in [0, 0.05) is 0 Å². The summed E-state index contributed by atoms with van der Waals surface area (Å²) in [5.74, 6) is -4.57. The van der Waals surface area contributed by atoms with Crippen molar-refractivity contribution >= 4 is 25.9 Å². The molecular weight excluding hydrogens is 279 g/mol. The van der Waals surface area contributed by atoms with Gasteiger partial charge >= 0.3 is 19.5 Å². The van der Waals surface area contributed by atoms with Crippen LogP contribution in [0.3, 0.4) is 0 Å². The number of aliphatic carboxylic acids is 2.